The monoisotopic (exact) mass is 453 g/mol. The molecule has 166 valence electrons. The van der Waals surface area contributed by atoms with Gasteiger partial charge in [-0.15, -0.1) is 0 Å². The average molecular weight is 454 g/mol. The molecule has 32 heavy (non-hydrogen) atoms. The van der Waals surface area contributed by atoms with Crippen molar-refractivity contribution in [2.75, 3.05) is 38.7 Å². The van der Waals surface area contributed by atoms with Gasteiger partial charge in [-0.3, -0.25) is 9.78 Å². The van der Waals surface area contributed by atoms with Crippen LogP contribution in [0.5, 0.6) is 5.75 Å². The normalized spacial score (nSPS) is 15.2. The van der Waals surface area contributed by atoms with E-state index in [2.05, 4.69) is 10.3 Å². The highest BCUT2D eigenvalue weighted by molar-refractivity contribution is 7.89. The number of hydrogen-bond acceptors (Lipinski definition) is 6. The minimum atomic E-state index is -3.75. The molecule has 9 heteroatoms. The Hall–Kier alpha value is -3.27. The second-order valence-electron chi connectivity index (χ2n) is 7.13. The van der Waals surface area contributed by atoms with Crippen LogP contribution in [0.15, 0.2) is 65.7 Å². The van der Waals surface area contributed by atoms with Gasteiger partial charge in [-0.1, -0.05) is 12.1 Å². The summed E-state index contributed by atoms with van der Waals surface area (Å²) in [4.78, 5) is 16.8. The van der Waals surface area contributed by atoms with Crippen LogP contribution in [0.2, 0.25) is 0 Å². The number of benzene rings is 2. The minimum absolute atomic E-state index is 0.0598. The van der Waals surface area contributed by atoms with E-state index in [1.165, 1.54) is 23.6 Å². The fraction of sp³-hybridized carbons (Fsp3) is 0.217. The molecule has 1 amide bonds. The van der Waals surface area contributed by atoms with Crippen molar-refractivity contribution >= 4 is 38.6 Å². The zero-order valence-electron chi connectivity index (χ0n) is 17.5. The first kappa shape index (κ1) is 21.9. The van der Waals surface area contributed by atoms with Gasteiger partial charge in [0.05, 0.1) is 31.5 Å². The number of methoxy groups -OCH3 is 1. The third kappa shape index (κ3) is 4.64. The summed E-state index contributed by atoms with van der Waals surface area (Å²) in [6.07, 6.45) is 4.62. The summed E-state index contributed by atoms with van der Waals surface area (Å²) in [5.41, 5.74) is 1.99. The predicted octanol–water partition coefficient (Wildman–Crippen LogP) is 2.92. The average Bonchev–Trinajstić information content (AvgIpc) is 2.83. The molecule has 1 aromatic heterocycles. The zero-order chi connectivity index (χ0) is 22.6. The number of sulfonamides is 1. The number of anilines is 1. The maximum Gasteiger partial charge on any atom is 0.248 e. The zero-order valence-corrected chi connectivity index (χ0v) is 18.3. The van der Waals surface area contributed by atoms with Crippen LogP contribution < -0.4 is 10.1 Å². The molecule has 2 heterocycles. The lowest BCUT2D eigenvalue weighted by molar-refractivity contribution is -0.111. The Kier molecular flexibility index (Phi) is 6.50. The van der Waals surface area contributed by atoms with E-state index in [-0.39, 0.29) is 29.6 Å². The lowest BCUT2D eigenvalue weighted by Gasteiger charge is -2.26. The van der Waals surface area contributed by atoms with Crippen LogP contribution in [-0.4, -0.2) is 57.0 Å². The van der Waals surface area contributed by atoms with Crippen molar-refractivity contribution in [1.29, 1.82) is 0 Å². The van der Waals surface area contributed by atoms with E-state index < -0.39 is 10.0 Å². The molecule has 4 rings (SSSR count). The highest BCUT2D eigenvalue weighted by Crippen LogP contribution is 2.29. The van der Waals surface area contributed by atoms with E-state index in [4.69, 9.17) is 9.47 Å². The smallest absolute Gasteiger partial charge is 0.248 e. The molecule has 0 spiro atoms. The summed E-state index contributed by atoms with van der Waals surface area (Å²) in [5, 5.41) is 3.68. The highest BCUT2D eigenvalue weighted by Gasteiger charge is 2.29. The molecule has 3 aromatic rings. The summed E-state index contributed by atoms with van der Waals surface area (Å²) >= 11 is 0. The quantitative estimate of drug-likeness (QED) is 0.577. The number of nitrogens with zero attached hydrogens (tertiary/aromatic N) is 2. The van der Waals surface area contributed by atoms with Gasteiger partial charge in [0.1, 0.15) is 10.6 Å². The number of hydrogen-bond donors (Lipinski definition) is 1. The number of nitrogens with one attached hydrogen (secondary N) is 1. The van der Waals surface area contributed by atoms with Crippen LogP contribution in [0.4, 0.5) is 5.69 Å². The van der Waals surface area contributed by atoms with Gasteiger partial charge < -0.3 is 14.8 Å². The number of rotatable bonds is 6. The molecule has 1 aliphatic heterocycles. The summed E-state index contributed by atoms with van der Waals surface area (Å²) < 4.78 is 38.1. The number of amides is 1. The second kappa shape index (κ2) is 9.47. The van der Waals surface area contributed by atoms with Crippen molar-refractivity contribution in [3.05, 3.63) is 66.4 Å². The Morgan fingerprint density at radius 1 is 1.16 bits per heavy atom. The summed E-state index contributed by atoms with van der Waals surface area (Å²) in [6.45, 7) is 1.28. The number of fused-ring (bicyclic) bond motifs is 1. The van der Waals surface area contributed by atoms with E-state index in [1.807, 2.05) is 24.3 Å². The van der Waals surface area contributed by atoms with Crippen molar-refractivity contribution in [2.24, 2.45) is 0 Å². The van der Waals surface area contributed by atoms with E-state index in [1.54, 1.807) is 30.5 Å². The molecule has 0 unspecified atom stereocenters. The second-order valence-corrected chi connectivity index (χ2v) is 9.03. The van der Waals surface area contributed by atoms with Crippen molar-refractivity contribution in [3.63, 3.8) is 0 Å². The number of aromatic nitrogens is 1. The van der Waals surface area contributed by atoms with Gasteiger partial charge in [-0.2, -0.15) is 4.31 Å². The molecule has 0 aliphatic carbocycles. The first-order valence-corrected chi connectivity index (χ1v) is 11.5. The van der Waals surface area contributed by atoms with Crippen molar-refractivity contribution in [1.82, 2.24) is 9.29 Å². The fourth-order valence-electron chi connectivity index (χ4n) is 3.48. The molecule has 1 N–H and O–H groups in total. The highest BCUT2D eigenvalue weighted by atomic mass is 32.2. The van der Waals surface area contributed by atoms with Crippen LogP contribution in [0.1, 0.15) is 5.56 Å². The van der Waals surface area contributed by atoms with E-state index in [0.29, 0.717) is 24.5 Å². The van der Waals surface area contributed by atoms with Crippen LogP contribution in [0.25, 0.3) is 17.0 Å². The van der Waals surface area contributed by atoms with Gasteiger partial charge in [0, 0.05) is 30.7 Å². The van der Waals surface area contributed by atoms with Crippen molar-refractivity contribution in [2.45, 2.75) is 4.90 Å². The van der Waals surface area contributed by atoms with Gasteiger partial charge in [0.25, 0.3) is 0 Å². The number of pyridine rings is 1. The Morgan fingerprint density at radius 3 is 2.75 bits per heavy atom. The minimum Gasteiger partial charge on any atom is -0.495 e. The molecule has 1 fully saturated rings. The van der Waals surface area contributed by atoms with E-state index in [0.717, 1.165) is 10.9 Å². The number of ether oxygens (including phenoxy) is 2. The molecule has 1 saturated heterocycles. The predicted molar refractivity (Wildman–Crippen MR) is 122 cm³/mol. The topological polar surface area (TPSA) is 97.8 Å². The Morgan fingerprint density at radius 2 is 1.97 bits per heavy atom. The molecule has 0 atom stereocenters. The summed E-state index contributed by atoms with van der Waals surface area (Å²) in [6, 6.07) is 14.0. The SMILES string of the molecule is COc1ccc(C=CC(=O)Nc2cccc3ncccc23)cc1S(=O)(=O)N1CCOCC1. The maximum absolute atomic E-state index is 13.1. The molecule has 0 bridgehead atoms. The molecule has 8 nitrogen and oxygen atoms in total. The Bertz CT molecular complexity index is 1260. The first-order chi connectivity index (χ1) is 15.5. The Labute approximate surface area is 186 Å². The molecule has 0 radical (unpaired) electrons. The maximum atomic E-state index is 13.1. The molecule has 0 saturated carbocycles. The van der Waals surface area contributed by atoms with Crippen LogP contribution in [0, 0.1) is 0 Å². The molecule has 2 aromatic carbocycles. The molecular weight excluding hydrogens is 430 g/mol. The van der Waals surface area contributed by atoms with Gasteiger partial charge in [0.15, 0.2) is 0 Å². The number of carbonyl (C=O) groups excluding carboxylic acids is 1. The summed E-state index contributed by atoms with van der Waals surface area (Å²) in [5.74, 6) is -0.0869. The van der Waals surface area contributed by atoms with E-state index >= 15 is 0 Å². The number of morpholine rings is 1. The van der Waals surface area contributed by atoms with Crippen LogP contribution >= 0.6 is 0 Å². The largest absolute Gasteiger partial charge is 0.495 e. The van der Waals surface area contributed by atoms with E-state index in [9.17, 15) is 13.2 Å². The van der Waals surface area contributed by atoms with Gasteiger partial charge in [-0.25, -0.2) is 8.42 Å². The lowest BCUT2D eigenvalue weighted by atomic mass is 10.1. The lowest BCUT2D eigenvalue weighted by Crippen LogP contribution is -2.40. The van der Waals surface area contributed by atoms with Crippen LogP contribution in [0.3, 0.4) is 0 Å². The van der Waals surface area contributed by atoms with Gasteiger partial charge in [0.2, 0.25) is 15.9 Å². The van der Waals surface area contributed by atoms with Gasteiger partial charge in [-0.05, 0) is 48.0 Å². The third-order valence-electron chi connectivity index (χ3n) is 5.11. The third-order valence-corrected chi connectivity index (χ3v) is 7.03. The van der Waals surface area contributed by atoms with Crippen molar-refractivity contribution in [3.8, 4) is 5.75 Å². The van der Waals surface area contributed by atoms with Crippen LogP contribution in [-0.2, 0) is 19.6 Å². The molecular formula is C23H23N3O5S. The van der Waals surface area contributed by atoms with Crippen molar-refractivity contribution < 1.29 is 22.7 Å². The fourth-order valence-corrected chi connectivity index (χ4v) is 5.08. The molecule has 1 aliphatic rings. The standard InChI is InChI=1S/C23H23N3O5S/c1-30-21-9-7-17(16-22(21)32(28,29)26-12-14-31-15-13-26)8-10-23(27)25-20-6-2-5-19-18(20)4-3-11-24-19/h2-11,16H,12-15H2,1H3,(H,25,27). The first-order valence-electron chi connectivity index (χ1n) is 10.1. The Balaban J connectivity index is 1.56. The van der Waals surface area contributed by atoms with Gasteiger partial charge >= 0.3 is 0 Å². The summed E-state index contributed by atoms with van der Waals surface area (Å²) in [7, 11) is -2.33. The number of carbonyl (C=O) groups is 1.